The van der Waals surface area contributed by atoms with E-state index in [9.17, 15) is 4.79 Å². The number of H-pyrrole nitrogens is 1. The molecule has 1 aromatic heterocycles. The highest BCUT2D eigenvalue weighted by Gasteiger charge is 2.24. The van der Waals surface area contributed by atoms with Crippen molar-refractivity contribution in [2.45, 2.75) is 19.4 Å². The van der Waals surface area contributed by atoms with Gasteiger partial charge in [-0.15, -0.1) is 0 Å². The highest BCUT2D eigenvalue weighted by atomic mass is 79.9. The third-order valence-electron chi connectivity index (χ3n) is 4.58. The molecule has 0 saturated carbocycles. The maximum atomic E-state index is 12.7. The predicted octanol–water partition coefficient (Wildman–Crippen LogP) is 4.71. The van der Waals surface area contributed by atoms with E-state index in [4.69, 9.17) is 11.6 Å². The largest absolute Gasteiger partial charge is 0.357 e. The van der Waals surface area contributed by atoms with Crippen LogP contribution in [0.3, 0.4) is 0 Å². The van der Waals surface area contributed by atoms with Gasteiger partial charge in [-0.25, -0.2) is 0 Å². The first-order valence-corrected chi connectivity index (χ1v) is 9.09. The molecule has 122 valence electrons. The molecule has 1 aliphatic heterocycles. The van der Waals surface area contributed by atoms with Gasteiger partial charge in [0.15, 0.2) is 0 Å². The molecule has 2 aromatic carbocycles. The van der Waals surface area contributed by atoms with Crippen LogP contribution in [0, 0.1) is 0 Å². The van der Waals surface area contributed by atoms with Gasteiger partial charge >= 0.3 is 0 Å². The average molecular weight is 404 g/mol. The van der Waals surface area contributed by atoms with Crippen LogP contribution < -0.4 is 0 Å². The van der Waals surface area contributed by atoms with Crippen molar-refractivity contribution in [3.8, 4) is 0 Å². The number of hydrogen-bond donors (Lipinski definition) is 1. The number of benzene rings is 2. The van der Waals surface area contributed by atoms with Crippen molar-refractivity contribution in [1.82, 2.24) is 9.88 Å². The molecule has 0 radical (unpaired) electrons. The van der Waals surface area contributed by atoms with Crippen LogP contribution in [0.5, 0.6) is 0 Å². The van der Waals surface area contributed by atoms with Crippen LogP contribution in [0.25, 0.3) is 10.9 Å². The number of hydrogen-bond acceptors (Lipinski definition) is 1. The summed E-state index contributed by atoms with van der Waals surface area (Å²) in [7, 11) is 0. The Hall–Kier alpha value is -1.78. The Morgan fingerprint density at radius 1 is 1.21 bits per heavy atom. The van der Waals surface area contributed by atoms with Crippen LogP contribution >= 0.6 is 27.5 Å². The van der Waals surface area contributed by atoms with Crippen molar-refractivity contribution >= 4 is 44.3 Å². The van der Waals surface area contributed by atoms with Gasteiger partial charge < -0.3 is 9.88 Å². The normalized spacial score (nSPS) is 14.0. The number of halogens is 2. The number of para-hydroxylation sites is 1. The topological polar surface area (TPSA) is 36.1 Å². The number of nitrogens with one attached hydrogen (secondary N) is 1. The van der Waals surface area contributed by atoms with Crippen LogP contribution in [-0.2, 0) is 24.2 Å². The van der Waals surface area contributed by atoms with E-state index in [-0.39, 0.29) is 5.91 Å². The lowest BCUT2D eigenvalue weighted by Crippen LogP contribution is -2.36. The Balaban J connectivity index is 1.57. The van der Waals surface area contributed by atoms with Gasteiger partial charge in [0, 0.05) is 45.6 Å². The van der Waals surface area contributed by atoms with Gasteiger partial charge in [-0.2, -0.15) is 0 Å². The zero-order valence-corrected chi connectivity index (χ0v) is 15.3. The second-order valence-corrected chi connectivity index (χ2v) is 7.40. The number of carbonyl (C=O) groups is 1. The van der Waals surface area contributed by atoms with Crippen molar-refractivity contribution < 1.29 is 4.79 Å². The molecule has 5 heteroatoms. The fourth-order valence-corrected chi connectivity index (χ4v) is 3.90. The molecule has 0 saturated heterocycles. The Kier molecular flexibility index (Phi) is 4.10. The monoisotopic (exact) mass is 402 g/mol. The Morgan fingerprint density at radius 3 is 2.79 bits per heavy atom. The molecule has 4 rings (SSSR count). The lowest BCUT2D eigenvalue weighted by Gasteiger charge is -2.27. The fraction of sp³-hybridized carbons (Fsp3) is 0.211. The van der Waals surface area contributed by atoms with E-state index >= 15 is 0 Å². The highest BCUT2D eigenvalue weighted by molar-refractivity contribution is 9.10. The first-order valence-electron chi connectivity index (χ1n) is 7.92. The quantitative estimate of drug-likeness (QED) is 0.661. The SMILES string of the molecule is O=C(Cc1ccc(Cl)cc1)N1CCc2[nH]c3c(Br)cccc3c2C1. The van der Waals surface area contributed by atoms with Crippen molar-refractivity contribution in [3.63, 3.8) is 0 Å². The van der Waals surface area contributed by atoms with Gasteiger partial charge in [-0.05, 0) is 39.7 Å². The van der Waals surface area contributed by atoms with Crippen LogP contribution in [0.15, 0.2) is 46.9 Å². The molecule has 1 amide bonds. The van der Waals surface area contributed by atoms with Gasteiger partial charge in [-0.1, -0.05) is 35.9 Å². The number of fused-ring (bicyclic) bond motifs is 3. The Bertz CT molecular complexity index is 917. The molecule has 24 heavy (non-hydrogen) atoms. The summed E-state index contributed by atoms with van der Waals surface area (Å²) in [5, 5.41) is 1.89. The minimum atomic E-state index is 0.160. The third kappa shape index (κ3) is 2.85. The third-order valence-corrected chi connectivity index (χ3v) is 5.49. The minimum absolute atomic E-state index is 0.160. The van der Waals surface area contributed by atoms with Crippen molar-refractivity contribution in [2.24, 2.45) is 0 Å². The molecule has 0 atom stereocenters. The van der Waals surface area contributed by atoms with E-state index in [1.54, 1.807) is 0 Å². The predicted molar refractivity (Wildman–Crippen MR) is 100 cm³/mol. The summed E-state index contributed by atoms with van der Waals surface area (Å²) in [5.41, 5.74) is 4.60. The highest BCUT2D eigenvalue weighted by Crippen LogP contribution is 2.32. The van der Waals surface area contributed by atoms with Crippen LogP contribution in [0.1, 0.15) is 16.8 Å². The van der Waals surface area contributed by atoms with Crippen molar-refractivity contribution in [2.75, 3.05) is 6.54 Å². The van der Waals surface area contributed by atoms with Gasteiger partial charge in [0.2, 0.25) is 5.91 Å². The molecular formula is C19H16BrClN2O. The van der Waals surface area contributed by atoms with E-state index in [0.717, 1.165) is 28.5 Å². The first-order chi connectivity index (χ1) is 11.6. The van der Waals surface area contributed by atoms with Crippen LogP contribution in [-0.4, -0.2) is 22.3 Å². The van der Waals surface area contributed by atoms with E-state index in [0.29, 0.717) is 18.0 Å². The molecule has 3 nitrogen and oxygen atoms in total. The lowest BCUT2D eigenvalue weighted by atomic mass is 10.0. The van der Waals surface area contributed by atoms with Crippen LogP contribution in [0.2, 0.25) is 5.02 Å². The molecular weight excluding hydrogens is 388 g/mol. The Labute approximate surface area is 153 Å². The zero-order chi connectivity index (χ0) is 16.7. The maximum absolute atomic E-state index is 12.7. The number of carbonyl (C=O) groups excluding carboxylic acids is 1. The zero-order valence-electron chi connectivity index (χ0n) is 13.0. The number of amides is 1. The number of aromatic nitrogens is 1. The number of nitrogens with zero attached hydrogens (tertiary/aromatic N) is 1. The molecule has 2 heterocycles. The summed E-state index contributed by atoms with van der Waals surface area (Å²) in [5.74, 6) is 0.160. The maximum Gasteiger partial charge on any atom is 0.227 e. The van der Waals surface area contributed by atoms with Gasteiger partial charge in [0.1, 0.15) is 0 Å². The van der Waals surface area contributed by atoms with Crippen LogP contribution in [0.4, 0.5) is 0 Å². The summed E-state index contributed by atoms with van der Waals surface area (Å²) < 4.78 is 1.06. The molecule has 0 spiro atoms. The molecule has 1 N–H and O–H groups in total. The molecule has 3 aromatic rings. The summed E-state index contributed by atoms with van der Waals surface area (Å²) in [6.45, 7) is 1.42. The molecule has 1 aliphatic rings. The summed E-state index contributed by atoms with van der Waals surface area (Å²) in [6.07, 6.45) is 1.28. The van der Waals surface area contributed by atoms with E-state index in [2.05, 4.69) is 27.0 Å². The van der Waals surface area contributed by atoms with Gasteiger partial charge in [-0.3, -0.25) is 4.79 Å². The van der Waals surface area contributed by atoms with E-state index < -0.39 is 0 Å². The fourth-order valence-electron chi connectivity index (χ4n) is 3.30. The van der Waals surface area contributed by atoms with Gasteiger partial charge in [0.25, 0.3) is 0 Å². The standard InChI is InChI=1S/C19H16BrClN2O/c20-16-3-1-2-14-15-11-23(9-8-17(15)22-19(14)16)18(24)10-12-4-6-13(21)7-5-12/h1-7,22H,8-11H2. The van der Waals surface area contributed by atoms with Crippen molar-refractivity contribution in [1.29, 1.82) is 0 Å². The smallest absolute Gasteiger partial charge is 0.227 e. The molecule has 0 bridgehead atoms. The van der Waals surface area contributed by atoms with E-state index in [1.807, 2.05) is 41.3 Å². The summed E-state index contributed by atoms with van der Waals surface area (Å²) >= 11 is 9.50. The molecule has 0 fully saturated rings. The Morgan fingerprint density at radius 2 is 2.00 bits per heavy atom. The number of aromatic amines is 1. The van der Waals surface area contributed by atoms with Gasteiger partial charge in [0.05, 0.1) is 11.9 Å². The first kappa shape index (κ1) is 15.7. The number of rotatable bonds is 2. The molecule has 0 unspecified atom stereocenters. The molecule has 0 aliphatic carbocycles. The second-order valence-electron chi connectivity index (χ2n) is 6.11. The van der Waals surface area contributed by atoms with E-state index in [1.165, 1.54) is 16.6 Å². The lowest BCUT2D eigenvalue weighted by molar-refractivity contribution is -0.131. The summed E-state index contributed by atoms with van der Waals surface area (Å²) in [6, 6.07) is 13.7. The second kappa shape index (κ2) is 6.26. The summed E-state index contributed by atoms with van der Waals surface area (Å²) in [4.78, 5) is 18.1. The van der Waals surface area contributed by atoms with Crippen molar-refractivity contribution in [3.05, 3.63) is 68.8 Å². The minimum Gasteiger partial charge on any atom is -0.357 e. The average Bonchev–Trinajstić information content (AvgIpc) is 2.96.